The molecule has 0 saturated carbocycles. The van der Waals surface area contributed by atoms with Crippen molar-refractivity contribution in [2.24, 2.45) is 0 Å². The van der Waals surface area contributed by atoms with E-state index in [1.807, 2.05) is 31.2 Å². The number of rotatable bonds is 2. The molecule has 2 aromatic carbocycles. The zero-order valence-corrected chi connectivity index (χ0v) is 10.9. The first-order valence-corrected chi connectivity index (χ1v) is 5.89. The number of nitrogens with two attached hydrogens (primary N) is 1. The molecule has 0 aliphatic carbocycles. The van der Waals surface area contributed by atoms with E-state index in [-0.39, 0.29) is 11.6 Å². The van der Waals surface area contributed by atoms with Crippen molar-refractivity contribution in [2.45, 2.75) is 6.92 Å². The summed E-state index contributed by atoms with van der Waals surface area (Å²) in [5.74, 6) is -0.714. The van der Waals surface area contributed by atoms with Gasteiger partial charge in [0.25, 0.3) is 5.91 Å². The van der Waals surface area contributed by atoms with Crippen LogP contribution in [0.25, 0.3) is 0 Å². The van der Waals surface area contributed by atoms with Gasteiger partial charge in [0.15, 0.2) is 0 Å². The molecule has 0 atom stereocenters. The highest BCUT2D eigenvalue weighted by Gasteiger charge is 2.16. The van der Waals surface area contributed by atoms with Crippen molar-refractivity contribution in [1.29, 1.82) is 0 Å². The highest BCUT2D eigenvalue weighted by molar-refractivity contribution is 6.08. The molecule has 0 bridgehead atoms. The van der Waals surface area contributed by atoms with Crippen molar-refractivity contribution in [1.82, 2.24) is 0 Å². The first-order chi connectivity index (χ1) is 8.99. The summed E-state index contributed by atoms with van der Waals surface area (Å²) in [6.07, 6.45) is 0. The van der Waals surface area contributed by atoms with Crippen LogP contribution in [0, 0.1) is 12.7 Å². The molecule has 0 radical (unpaired) electrons. The average molecular weight is 258 g/mol. The van der Waals surface area contributed by atoms with Gasteiger partial charge in [0.1, 0.15) is 5.82 Å². The number of anilines is 2. The number of carbonyl (C=O) groups excluding carboxylic acids is 1. The van der Waals surface area contributed by atoms with Crippen LogP contribution in [-0.2, 0) is 0 Å². The number of hydrogen-bond donors (Lipinski definition) is 1. The van der Waals surface area contributed by atoms with Gasteiger partial charge in [-0.05, 0) is 37.3 Å². The second-order valence-corrected chi connectivity index (χ2v) is 4.43. The van der Waals surface area contributed by atoms with Crippen LogP contribution in [0.4, 0.5) is 15.8 Å². The smallest absolute Gasteiger partial charge is 0.260 e. The van der Waals surface area contributed by atoms with Gasteiger partial charge in [-0.1, -0.05) is 17.7 Å². The monoisotopic (exact) mass is 258 g/mol. The van der Waals surface area contributed by atoms with Gasteiger partial charge in [0, 0.05) is 18.4 Å². The summed E-state index contributed by atoms with van der Waals surface area (Å²) in [7, 11) is 1.66. The molecule has 0 heterocycles. The van der Waals surface area contributed by atoms with Crippen LogP contribution in [0.1, 0.15) is 15.9 Å². The lowest BCUT2D eigenvalue weighted by molar-refractivity contribution is 0.0994. The Morgan fingerprint density at radius 3 is 2.37 bits per heavy atom. The Bertz CT molecular complexity index is 608. The van der Waals surface area contributed by atoms with Crippen molar-refractivity contribution >= 4 is 17.3 Å². The van der Waals surface area contributed by atoms with Crippen molar-refractivity contribution in [3.8, 4) is 0 Å². The Kier molecular flexibility index (Phi) is 3.51. The molecule has 2 rings (SSSR count). The molecule has 0 spiro atoms. The lowest BCUT2D eigenvalue weighted by atomic mass is 10.1. The number of halogens is 1. The largest absolute Gasteiger partial charge is 0.398 e. The van der Waals surface area contributed by atoms with Gasteiger partial charge in [0.2, 0.25) is 0 Å². The zero-order valence-electron chi connectivity index (χ0n) is 10.9. The molecular weight excluding hydrogens is 243 g/mol. The number of nitrogens with zero attached hydrogens (tertiary/aromatic N) is 1. The second-order valence-electron chi connectivity index (χ2n) is 4.43. The maximum atomic E-state index is 13.0. The fraction of sp³-hybridized carbons (Fsp3) is 0.133. The molecule has 0 unspecified atom stereocenters. The third-order valence-corrected chi connectivity index (χ3v) is 2.97. The number of benzene rings is 2. The minimum atomic E-state index is -0.452. The molecule has 0 saturated heterocycles. The van der Waals surface area contributed by atoms with E-state index in [2.05, 4.69) is 0 Å². The summed E-state index contributed by atoms with van der Waals surface area (Å²) >= 11 is 0. The van der Waals surface area contributed by atoms with Crippen LogP contribution in [0.2, 0.25) is 0 Å². The van der Waals surface area contributed by atoms with Crippen LogP contribution in [0.3, 0.4) is 0 Å². The first kappa shape index (κ1) is 13.1. The van der Waals surface area contributed by atoms with Crippen LogP contribution < -0.4 is 10.6 Å². The highest BCUT2D eigenvalue weighted by atomic mass is 19.1. The zero-order chi connectivity index (χ0) is 14.0. The first-order valence-electron chi connectivity index (χ1n) is 5.89. The number of aryl methyl sites for hydroxylation is 1. The normalized spacial score (nSPS) is 10.3. The third-order valence-electron chi connectivity index (χ3n) is 2.97. The molecule has 0 aliphatic rings. The summed E-state index contributed by atoms with van der Waals surface area (Å²) in [6, 6.07) is 11.3. The molecule has 2 N–H and O–H groups in total. The molecular formula is C15H15FN2O. The highest BCUT2D eigenvalue weighted by Crippen LogP contribution is 2.20. The van der Waals surface area contributed by atoms with Gasteiger partial charge in [-0.15, -0.1) is 0 Å². The summed E-state index contributed by atoms with van der Waals surface area (Å²) in [4.78, 5) is 13.8. The fourth-order valence-electron chi connectivity index (χ4n) is 1.79. The Balaban J connectivity index is 2.30. The van der Waals surface area contributed by atoms with Gasteiger partial charge in [-0.2, -0.15) is 0 Å². The number of carbonyl (C=O) groups is 1. The average Bonchev–Trinajstić information content (AvgIpc) is 2.38. The minimum Gasteiger partial charge on any atom is -0.398 e. The van der Waals surface area contributed by atoms with Gasteiger partial charge < -0.3 is 10.6 Å². The van der Waals surface area contributed by atoms with E-state index < -0.39 is 5.82 Å². The predicted molar refractivity (Wildman–Crippen MR) is 74.7 cm³/mol. The number of amides is 1. The summed E-state index contributed by atoms with van der Waals surface area (Å²) in [5, 5.41) is 0. The maximum Gasteiger partial charge on any atom is 0.260 e. The lowest BCUT2D eigenvalue weighted by Crippen LogP contribution is -2.27. The summed E-state index contributed by atoms with van der Waals surface area (Å²) in [6.45, 7) is 1.98. The third kappa shape index (κ3) is 2.73. The van der Waals surface area contributed by atoms with Crippen LogP contribution >= 0.6 is 0 Å². The van der Waals surface area contributed by atoms with E-state index in [9.17, 15) is 9.18 Å². The van der Waals surface area contributed by atoms with Crippen molar-refractivity contribution < 1.29 is 9.18 Å². The van der Waals surface area contributed by atoms with E-state index in [0.717, 1.165) is 17.3 Å². The van der Waals surface area contributed by atoms with E-state index in [4.69, 9.17) is 5.73 Å². The SMILES string of the molecule is Cc1ccc(N(C)C(=O)c2ccc(F)cc2N)cc1. The van der Waals surface area contributed by atoms with Crippen molar-refractivity contribution in [3.63, 3.8) is 0 Å². The van der Waals surface area contributed by atoms with Crippen LogP contribution in [0.15, 0.2) is 42.5 Å². The van der Waals surface area contributed by atoms with Crippen LogP contribution in [0.5, 0.6) is 0 Å². The number of hydrogen-bond acceptors (Lipinski definition) is 2. The Morgan fingerprint density at radius 1 is 1.16 bits per heavy atom. The van der Waals surface area contributed by atoms with E-state index >= 15 is 0 Å². The molecule has 0 fully saturated rings. The Labute approximate surface area is 111 Å². The van der Waals surface area contributed by atoms with E-state index in [1.54, 1.807) is 7.05 Å². The molecule has 98 valence electrons. The van der Waals surface area contributed by atoms with Gasteiger partial charge in [0.05, 0.1) is 5.56 Å². The molecule has 2 aromatic rings. The van der Waals surface area contributed by atoms with Gasteiger partial charge in [-0.25, -0.2) is 4.39 Å². The van der Waals surface area contributed by atoms with Gasteiger partial charge in [-0.3, -0.25) is 4.79 Å². The molecule has 1 amide bonds. The molecule has 3 nitrogen and oxygen atoms in total. The van der Waals surface area contributed by atoms with Crippen LogP contribution in [-0.4, -0.2) is 13.0 Å². The minimum absolute atomic E-state index is 0.143. The fourth-order valence-corrected chi connectivity index (χ4v) is 1.79. The topological polar surface area (TPSA) is 46.3 Å². The predicted octanol–water partition coefficient (Wildman–Crippen LogP) is 2.99. The molecule has 0 aliphatic heterocycles. The van der Waals surface area contributed by atoms with Crippen molar-refractivity contribution in [2.75, 3.05) is 17.7 Å². The van der Waals surface area contributed by atoms with E-state index in [0.29, 0.717) is 5.56 Å². The second kappa shape index (κ2) is 5.10. The van der Waals surface area contributed by atoms with Gasteiger partial charge >= 0.3 is 0 Å². The summed E-state index contributed by atoms with van der Waals surface area (Å²) < 4.78 is 13.0. The Hall–Kier alpha value is -2.36. The Morgan fingerprint density at radius 2 is 1.79 bits per heavy atom. The molecule has 0 aromatic heterocycles. The lowest BCUT2D eigenvalue weighted by Gasteiger charge is -2.18. The van der Waals surface area contributed by atoms with Crippen molar-refractivity contribution in [3.05, 3.63) is 59.4 Å². The van der Waals surface area contributed by atoms with E-state index in [1.165, 1.54) is 17.0 Å². The summed E-state index contributed by atoms with van der Waals surface area (Å²) in [5.41, 5.74) is 7.99. The molecule has 4 heteroatoms. The number of nitrogen functional groups attached to an aromatic ring is 1. The quantitative estimate of drug-likeness (QED) is 0.842. The molecule has 19 heavy (non-hydrogen) atoms. The standard InChI is InChI=1S/C15H15FN2O/c1-10-3-6-12(7-4-10)18(2)15(19)13-8-5-11(16)9-14(13)17/h3-9H,17H2,1-2H3. The maximum absolute atomic E-state index is 13.0.